The molecule has 0 N–H and O–H groups in total. The van der Waals surface area contributed by atoms with Crippen LogP contribution >= 0.6 is 0 Å². The fraction of sp³-hybridized carbons (Fsp3) is 0.500. The zero-order chi connectivity index (χ0) is 16.1. The Kier molecular flexibility index (Phi) is 9.85. The van der Waals surface area contributed by atoms with Crippen LogP contribution in [0.3, 0.4) is 0 Å². The van der Waals surface area contributed by atoms with E-state index in [4.69, 9.17) is 4.43 Å². The lowest BCUT2D eigenvalue weighted by Gasteiger charge is -2.23. The van der Waals surface area contributed by atoms with Crippen LogP contribution in [0.4, 0.5) is 0 Å². The van der Waals surface area contributed by atoms with Crippen LogP contribution in [0.5, 0.6) is 0 Å². The molecule has 0 bridgehead atoms. The molecule has 122 valence electrons. The Labute approximate surface area is 138 Å². The van der Waals surface area contributed by atoms with E-state index < -0.39 is 8.32 Å². The van der Waals surface area contributed by atoms with Crippen molar-refractivity contribution in [3.05, 3.63) is 54.6 Å². The van der Waals surface area contributed by atoms with Crippen LogP contribution in [0.2, 0.25) is 13.1 Å². The van der Waals surface area contributed by atoms with Crippen LogP contribution in [-0.4, -0.2) is 14.9 Å². The van der Waals surface area contributed by atoms with Crippen LogP contribution in [0.1, 0.15) is 45.4 Å². The molecular formula is C20H32OSi. The quantitative estimate of drug-likeness (QED) is 0.294. The van der Waals surface area contributed by atoms with Crippen LogP contribution in [0.15, 0.2) is 54.6 Å². The Morgan fingerprint density at radius 2 is 1.59 bits per heavy atom. The van der Waals surface area contributed by atoms with Crippen molar-refractivity contribution in [3.63, 3.8) is 0 Å². The monoisotopic (exact) mass is 316 g/mol. The highest BCUT2D eigenvalue weighted by Crippen LogP contribution is 2.09. The summed E-state index contributed by atoms with van der Waals surface area (Å²) in [7, 11) is -1.69. The number of hydrogen-bond donors (Lipinski definition) is 0. The van der Waals surface area contributed by atoms with Gasteiger partial charge in [0.1, 0.15) is 0 Å². The van der Waals surface area contributed by atoms with E-state index in [1.165, 1.54) is 43.7 Å². The first-order valence-electron chi connectivity index (χ1n) is 8.64. The average molecular weight is 317 g/mol. The van der Waals surface area contributed by atoms with E-state index in [9.17, 15) is 0 Å². The molecule has 0 spiro atoms. The molecule has 0 unspecified atom stereocenters. The Morgan fingerprint density at radius 3 is 2.32 bits per heavy atom. The SMILES string of the molecule is CC=C/C=C/CCCCCCCO[Si](C)(C)c1ccccc1. The molecule has 1 aromatic rings. The molecule has 0 radical (unpaired) electrons. The lowest BCUT2D eigenvalue weighted by molar-refractivity contribution is 0.302. The third-order valence-electron chi connectivity index (χ3n) is 3.89. The topological polar surface area (TPSA) is 9.23 Å². The van der Waals surface area contributed by atoms with E-state index in [2.05, 4.69) is 67.7 Å². The molecule has 1 aromatic carbocycles. The van der Waals surface area contributed by atoms with E-state index in [1.807, 2.05) is 6.92 Å². The van der Waals surface area contributed by atoms with Gasteiger partial charge >= 0.3 is 0 Å². The summed E-state index contributed by atoms with van der Waals surface area (Å²) in [4.78, 5) is 0. The molecule has 0 fully saturated rings. The maximum atomic E-state index is 6.21. The maximum absolute atomic E-state index is 6.21. The van der Waals surface area contributed by atoms with E-state index in [1.54, 1.807) is 0 Å². The normalized spacial score (nSPS) is 12.5. The third-order valence-corrected chi connectivity index (χ3v) is 6.54. The van der Waals surface area contributed by atoms with E-state index in [0.717, 1.165) is 6.61 Å². The minimum Gasteiger partial charge on any atom is -0.413 e. The smallest absolute Gasteiger partial charge is 0.218 e. The van der Waals surface area contributed by atoms with Gasteiger partial charge in [-0.15, -0.1) is 0 Å². The Balaban J connectivity index is 2.04. The van der Waals surface area contributed by atoms with Crippen molar-refractivity contribution in [2.24, 2.45) is 0 Å². The van der Waals surface area contributed by atoms with Crippen molar-refractivity contribution in [1.82, 2.24) is 0 Å². The van der Waals surface area contributed by atoms with Gasteiger partial charge in [-0.1, -0.05) is 73.9 Å². The molecule has 0 aromatic heterocycles. The zero-order valence-electron chi connectivity index (χ0n) is 14.6. The second-order valence-corrected chi connectivity index (χ2v) is 10.1. The van der Waals surface area contributed by atoms with E-state index in [-0.39, 0.29) is 0 Å². The summed E-state index contributed by atoms with van der Waals surface area (Å²) < 4.78 is 6.21. The largest absolute Gasteiger partial charge is 0.413 e. The number of rotatable bonds is 11. The van der Waals surface area contributed by atoms with Gasteiger partial charge < -0.3 is 4.43 Å². The predicted molar refractivity (Wildman–Crippen MR) is 101 cm³/mol. The van der Waals surface area contributed by atoms with E-state index in [0.29, 0.717) is 0 Å². The molecule has 0 aliphatic rings. The molecule has 1 nitrogen and oxygen atoms in total. The summed E-state index contributed by atoms with van der Waals surface area (Å²) in [5.41, 5.74) is 0. The summed E-state index contributed by atoms with van der Waals surface area (Å²) in [5, 5.41) is 1.39. The van der Waals surface area contributed by atoms with Crippen molar-refractivity contribution in [1.29, 1.82) is 0 Å². The predicted octanol–water partition coefficient (Wildman–Crippen LogP) is 5.59. The van der Waals surface area contributed by atoms with Crippen molar-refractivity contribution in [2.75, 3.05) is 6.61 Å². The van der Waals surface area contributed by atoms with Crippen LogP contribution in [-0.2, 0) is 4.43 Å². The molecule has 22 heavy (non-hydrogen) atoms. The van der Waals surface area contributed by atoms with Gasteiger partial charge in [-0.3, -0.25) is 0 Å². The van der Waals surface area contributed by atoms with Crippen molar-refractivity contribution in [3.8, 4) is 0 Å². The minimum absolute atomic E-state index is 0.912. The first kappa shape index (κ1) is 18.9. The molecule has 0 aliphatic heterocycles. The number of unbranched alkanes of at least 4 members (excludes halogenated alkanes) is 5. The highest BCUT2D eigenvalue weighted by Gasteiger charge is 2.24. The molecule has 2 heteroatoms. The van der Waals surface area contributed by atoms with Gasteiger partial charge in [0.2, 0.25) is 8.32 Å². The highest BCUT2D eigenvalue weighted by atomic mass is 28.4. The third kappa shape index (κ3) is 8.35. The molecule has 0 aliphatic carbocycles. The number of hydrogen-bond acceptors (Lipinski definition) is 1. The van der Waals surface area contributed by atoms with Crippen molar-refractivity contribution < 1.29 is 4.43 Å². The van der Waals surface area contributed by atoms with Gasteiger partial charge in [0, 0.05) is 6.61 Å². The first-order chi connectivity index (χ1) is 10.7. The van der Waals surface area contributed by atoms with Crippen LogP contribution in [0, 0.1) is 0 Å². The van der Waals surface area contributed by atoms with Crippen molar-refractivity contribution in [2.45, 2.75) is 58.5 Å². The van der Waals surface area contributed by atoms with Crippen molar-refractivity contribution >= 4 is 13.5 Å². The Morgan fingerprint density at radius 1 is 0.909 bits per heavy atom. The Bertz CT molecular complexity index is 434. The van der Waals surface area contributed by atoms with Gasteiger partial charge in [-0.25, -0.2) is 0 Å². The van der Waals surface area contributed by atoms with E-state index >= 15 is 0 Å². The van der Waals surface area contributed by atoms with Gasteiger partial charge in [0.05, 0.1) is 0 Å². The zero-order valence-corrected chi connectivity index (χ0v) is 15.6. The second kappa shape index (κ2) is 11.4. The summed E-state index contributed by atoms with van der Waals surface area (Å²) in [6.45, 7) is 7.54. The second-order valence-electron chi connectivity index (χ2n) is 6.24. The molecule has 0 saturated heterocycles. The molecule has 1 rings (SSSR count). The maximum Gasteiger partial charge on any atom is 0.218 e. The lowest BCUT2D eigenvalue weighted by atomic mass is 10.1. The first-order valence-corrected chi connectivity index (χ1v) is 11.5. The average Bonchev–Trinajstić information content (AvgIpc) is 2.53. The molecule has 0 heterocycles. The van der Waals surface area contributed by atoms with Gasteiger partial charge in [0.15, 0.2) is 0 Å². The molecule has 0 atom stereocenters. The number of allylic oxidation sites excluding steroid dienone is 4. The summed E-state index contributed by atoms with van der Waals surface area (Å²) in [6.07, 6.45) is 16.2. The number of benzene rings is 1. The van der Waals surface area contributed by atoms with Crippen LogP contribution < -0.4 is 5.19 Å². The molecular weight excluding hydrogens is 284 g/mol. The summed E-state index contributed by atoms with van der Waals surface area (Å²) in [5.74, 6) is 0. The summed E-state index contributed by atoms with van der Waals surface area (Å²) in [6, 6.07) is 10.7. The van der Waals surface area contributed by atoms with Crippen LogP contribution in [0.25, 0.3) is 0 Å². The molecule has 0 saturated carbocycles. The van der Waals surface area contributed by atoms with Gasteiger partial charge in [0.25, 0.3) is 0 Å². The van der Waals surface area contributed by atoms with Gasteiger partial charge in [-0.2, -0.15) is 0 Å². The minimum atomic E-state index is -1.69. The standard InChI is InChI=1S/C20H32OSi/c1-4-5-6-7-8-9-10-11-12-16-19-21-22(2,3)20-17-14-13-15-18-20/h4-7,13-15,17-18H,8-12,16,19H2,1-3H3/b5-4?,7-6+. The molecule has 0 amide bonds. The van der Waals surface area contributed by atoms with Gasteiger partial charge in [-0.05, 0) is 44.5 Å². The lowest BCUT2D eigenvalue weighted by Crippen LogP contribution is -2.44. The fourth-order valence-electron chi connectivity index (χ4n) is 2.43. The Hall–Kier alpha value is -1.12. The highest BCUT2D eigenvalue weighted by molar-refractivity contribution is 6.84. The summed E-state index contributed by atoms with van der Waals surface area (Å²) >= 11 is 0. The fourth-order valence-corrected chi connectivity index (χ4v) is 4.25.